The molecule has 0 N–H and O–H groups in total. The summed E-state index contributed by atoms with van der Waals surface area (Å²) in [6.45, 7) is 0. The van der Waals surface area contributed by atoms with Crippen molar-refractivity contribution in [1.82, 2.24) is 0 Å². The summed E-state index contributed by atoms with van der Waals surface area (Å²) in [4.78, 5) is 50.4. The van der Waals surface area contributed by atoms with Crippen LogP contribution in [0.3, 0.4) is 0 Å². The maximum Gasteiger partial charge on any atom is 3.00 e. The molecule has 0 atom stereocenters. The molecule has 0 fully saturated rings. The molecule has 6 nitrogen and oxygen atoms in total. The second-order valence-electron chi connectivity index (χ2n) is 0.250. The molecule has 0 aliphatic heterocycles. The van der Waals surface area contributed by atoms with E-state index in [4.69, 9.17) is 29.4 Å². The molecule has 0 aromatic heterocycles. The number of hydrogen-bond acceptors (Lipinski definition) is 6. The molecule has 0 radical (unpaired) electrons. The van der Waals surface area contributed by atoms with E-state index in [1.807, 2.05) is 0 Å². The van der Waals surface area contributed by atoms with Crippen molar-refractivity contribution >= 4 is 61.8 Å². The van der Waals surface area contributed by atoms with Gasteiger partial charge in [0.05, 0.1) is 0 Å². The van der Waals surface area contributed by atoms with Crippen LogP contribution < -0.4 is 29.4 Å². The minimum absolute atomic E-state index is 0. The first kappa shape index (κ1) is 29.2. The van der Waals surface area contributed by atoms with E-state index in [0.29, 0.717) is 0 Å². The van der Waals surface area contributed by atoms with Crippen LogP contribution in [0.15, 0.2) is 0 Å². The van der Waals surface area contributed by atoms with Crippen molar-refractivity contribution < 1.29 is 29.4 Å². The number of rotatable bonds is 0. The monoisotopic (exact) mass is 246 g/mol. The zero-order valence-corrected chi connectivity index (χ0v) is 10.4. The van der Waals surface area contributed by atoms with Crippen LogP contribution in [0.2, 0.25) is 0 Å². The molecule has 11 heavy (non-hydrogen) atoms. The van der Waals surface area contributed by atoms with Gasteiger partial charge in [0.2, 0.25) is 0 Å². The van der Waals surface area contributed by atoms with E-state index >= 15 is 0 Å². The average Bonchev–Trinajstić information content (AvgIpc) is 1.70. The van der Waals surface area contributed by atoms with E-state index in [2.05, 4.69) is 0 Å². The Labute approximate surface area is 91.2 Å². The van der Waals surface area contributed by atoms with Gasteiger partial charge in [-0.2, -0.15) is 0 Å². The van der Waals surface area contributed by atoms with Crippen molar-refractivity contribution in [2.75, 3.05) is 0 Å². The average molecular weight is 246 g/mol. The predicted molar refractivity (Wildman–Crippen MR) is 36.5 cm³/mol. The van der Waals surface area contributed by atoms with Crippen molar-refractivity contribution in [2.24, 2.45) is 0 Å². The van der Waals surface area contributed by atoms with Crippen LogP contribution in [0, 0.1) is 0 Å². The second kappa shape index (κ2) is 57.2. The molecule has 11 heteroatoms. The molecule has 0 rings (SSSR count). The van der Waals surface area contributed by atoms with Gasteiger partial charge >= 0.3 is 34.7 Å². The topological polar surface area (TPSA) is 138 Å². The normalized spacial score (nSPS) is 4.91. The zero-order chi connectivity index (χ0) is 8.12. The van der Waals surface area contributed by atoms with E-state index in [-0.39, 0.29) is 34.7 Å². The molecular weight excluding hydrogens is 243 g/mol. The van der Waals surface area contributed by atoms with Crippen LogP contribution >= 0.6 is 27.1 Å². The maximum absolute atomic E-state index is 8.40. The van der Waals surface area contributed by atoms with Crippen molar-refractivity contribution in [3.8, 4) is 0 Å². The van der Waals surface area contributed by atoms with Crippen molar-refractivity contribution in [3.05, 3.63) is 0 Å². The Hall–Kier alpha value is 2.11. The van der Waals surface area contributed by atoms with Crippen LogP contribution in [0.5, 0.6) is 0 Å². The summed E-state index contributed by atoms with van der Waals surface area (Å²) in [5.74, 6) is 0. The van der Waals surface area contributed by atoms with Crippen LogP contribution in [0.4, 0.5) is 0 Å². The minimum atomic E-state index is -1.42. The van der Waals surface area contributed by atoms with Crippen LogP contribution in [-0.2, 0) is 0 Å². The van der Waals surface area contributed by atoms with Gasteiger partial charge < -0.3 is 56.5 Å². The maximum atomic E-state index is 8.40. The Morgan fingerprint density at radius 2 is 0.455 bits per heavy atom. The smallest absolute Gasteiger partial charge is 0.844 e. The molecule has 0 saturated heterocycles. The molecule has 0 aromatic rings. The number of hydrogen-bond donors (Lipinski definition) is 0. The predicted octanol–water partition coefficient (Wildman–Crippen LogP) is -6.12. The molecule has 0 aromatic carbocycles. The Morgan fingerprint density at radius 1 is 0.455 bits per heavy atom. The fraction of sp³-hybridized carbons (Fsp3) is 0. The van der Waals surface area contributed by atoms with Gasteiger partial charge in [-0.3, -0.25) is 0 Å². The van der Waals surface area contributed by atoms with Gasteiger partial charge in [0.25, 0.3) is 0 Å². The summed E-state index contributed by atoms with van der Waals surface area (Å²) in [6.07, 6.45) is 0. The fourth-order valence-corrected chi connectivity index (χ4v) is 0. The zero-order valence-electron chi connectivity index (χ0n) is 5.10. The Balaban J connectivity index is -0.0000000150. The SMILES string of the molecule is [Al+3].[Al+3].[O-]P[O-].[O-]P[O-].[O-]P[O-]. The molecule has 60 valence electrons. The summed E-state index contributed by atoms with van der Waals surface area (Å²) in [5, 5.41) is 0. The van der Waals surface area contributed by atoms with Crippen molar-refractivity contribution in [1.29, 1.82) is 0 Å². The third-order valence-corrected chi connectivity index (χ3v) is 0. The van der Waals surface area contributed by atoms with Crippen molar-refractivity contribution in [2.45, 2.75) is 0 Å². The molecule has 0 spiro atoms. The molecule has 0 saturated carbocycles. The molecule has 0 amide bonds. The van der Waals surface area contributed by atoms with Gasteiger partial charge in [-0.15, -0.1) is 0 Å². The Morgan fingerprint density at radius 3 is 0.455 bits per heavy atom. The Bertz CT molecular complexity index is 20.5. The van der Waals surface area contributed by atoms with E-state index in [0.717, 1.165) is 0 Å². The van der Waals surface area contributed by atoms with E-state index < -0.39 is 27.1 Å². The first-order valence-electron chi connectivity index (χ1n) is 1.22. The van der Waals surface area contributed by atoms with Gasteiger partial charge in [0.15, 0.2) is 0 Å². The summed E-state index contributed by atoms with van der Waals surface area (Å²) in [6, 6.07) is 0. The molecule has 0 aliphatic rings. The van der Waals surface area contributed by atoms with Gasteiger partial charge in [-0.1, -0.05) is 0 Å². The minimum Gasteiger partial charge on any atom is -0.844 e. The Kier molecular flexibility index (Phi) is 152. The third-order valence-electron chi connectivity index (χ3n) is 0. The van der Waals surface area contributed by atoms with Crippen molar-refractivity contribution in [3.63, 3.8) is 0 Å². The van der Waals surface area contributed by atoms with E-state index in [9.17, 15) is 0 Å². The van der Waals surface area contributed by atoms with Gasteiger partial charge in [-0.05, 0) is 0 Å². The van der Waals surface area contributed by atoms with Gasteiger partial charge in [0, 0.05) is 0 Å². The standard InChI is InChI=1S/2Al.3HO2P/c;;3*1-3-2/h;;3*3H/q2*+3;3*-2. The second-order valence-corrected chi connectivity index (χ2v) is 0.750. The van der Waals surface area contributed by atoms with E-state index in [1.165, 1.54) is 0 Å². The summed E-state index contributed by atoms with van der Waals surface area (Å²) in [7, 11) is -4.25. The molecule has 0 aliphatic carbocycles. The molecule has 0 bridgehead atoms. The summed E-state index contributed by atoms with van der Waals surface area (Å²) in [5.41, 5.74) is 0. The van der Waals surface area contributed by atoms with E-state index in [1.54, 1.807) is 0 Å². The third kappa shape index (κ3) is 277. The molecule has 0 unspecified atom stereocenters. The quantitative estimate of drug-likeness (QED) is 0.307. The summed E-state index contributed by atoms with van der Waals surface area (Å²) >= 11 is 0. The van der Waals surface area contributed by atoms with Crippen LogP contribution in [0.1, 0.15) is 0 Å². The van der Waals surface area contributed by atoms with Gasteiger partial charge in [0.1, 0.15) is 0 Å². The largest absolute Gasteiger partial charge is 3.00 e. The summed E-state index contributed by atoms with van der Waals surface area (Å²) < 4.78 is 0. The molecule has 0 heterocycles. The first-order valence-corrected chi connectivity index (χ1v) is 3.67. The van der Waals surface area contributed by atoms with Gasteiger partial charge in [-0.25, -0.2) is 0 Å². The van der Waals surface area contributed by atoms with Crippen LogP contribution in [0.25, 0.3) is 0 Å². The van der Waals surface area contributed by atoms with Crippen LogP contribution in [-0.4, -0.2) is 34.7 Å². The first-order chi connectivity index (χ1) is 4.24. The molecular formula is H3Al2O6P3. The fourth-order valence-electron chi connectivity index (χ4n) is 0.